The number of carbonyl (C=O) groups is 1. The summed E-state index contributed by atoms with van der Waals surface area (Å²) >= 11 is 6.07. The van der Waals surface area contributed by atoms with Crippen molar-refractivity contribution in [3.05, 3.63) is 34.9 Å². The smallest absolute Gasteiger partial charge is 0.234 e. The molecule has 0 bridgehead atoms. The Balaban J connectivity index is 1.83. The molecule has 5 heteroatoms. The monoisotopic (exact) mass is 310 g/mol. The minimum absolute atomic E-state index is 0.0183. The van der Waals surface area contributed by atoms with Crippen LogP contribution in [-0.4, -0.2) is 41.7 Å². The fraction of sp³-hybridized carbons (Fsp3) is 0.562. The van der Waals surface area contributed by atoms with Crippen LogP contribution in [0.2, 0.25) is 5.02 Å². The highest BCUT2D eigenvalue weighted by Gasteiger charge is 2.23. The molecule has 116 valence electrons. The molecule has 0 aliphatic heterocycles. The number of aliphatic hydroxyl groups excluding tert-OH is 1. The average Bonchev–Trinajstić information content (AvgIpc) is 3.00. The molecule has 0 atom stereocenters. The molecule has 0 saturated heterocycles. The van der Waals surface area contributed by atoms with Crippen LogP contribution in [0.3, 0.4) is 0 Å². The van der Waals surface area contributed by atoms with Crippen LogP contribution >= 0.6 is 11.6 Å². The molecule has 0 aromatic heterocycles. The summed E-state index contributed by atoms with van der Waals surface area (Å²) < 4.78 is 0. The Morgan fingerprint density at radius 2 is 2.05 bits per heavy atom. The van der Waals surface area contributed by atoms with E-state index < -0.39 is 0 Å². The van der Waals surface area contributed by atoms with Gasteiger partial charge in [0, 0.05) is 24.2 Å². The summed E-state index contributed by atoms with van der Waals surface area (Å²) in [4.78, 5) is 14.2. The molecule has 0 spiro atoms. The van der Waals surface area contributed by atoms with E-state index in [0.29, 0.717) is 30.7 Å². The molecule has 1 aromatic carbocycles. The van der Waals surface area contributed by atoms with Gasteiger partial charge in [-0.25, -0.2) is 0 Å². The van der Waals surface area contributed by atoms with Crippen LogP contribution in [0.5, 0.6) is 0 Å². The van der Waals surface area contributed by atoms with Gasteiger partial charge in [0.2, 0.25) is 5.91 Å². The zero-order chi connectivity index (χ0) is 15.1. The van der Waals surface area contributed by atoms with E-state index in [-0.39, 0.29) is 12.5 Å². The fourth-order valence-corrected chi connectivity index (χ4v) is 3.07. The minimum atomic E-state index is -0.0183. The number of rotatable bonds is 7. The van der Waals surface area contributed by atoms with Gasteiger partial charge in [0.15, 0.2) is 0 Å². The Labute approximate surface area is 131 Å². The SMILES string of the molecule is O=C(CN(CCO)C1CCCC1)NCc1ccccc1Cl. The number of benzene rings is 1. The first-order valence-corrected chi connectivity index (χ1v) is 7.93. The Morgan fingerprint density at radius 3 is 2.71 bits per heavy atom. The highest BCUT2D eigenvalue weighted by Crippen LogP contribution is 2.23. The predicted molar refractivity (Wildman–Crippen MR) is 84.2 cm³/mol. The summed E-state index contributed by atoms with van der Waals surface area (Å²) in [7, 11) is 0. The maximum absolute atomic E-state index is 12.1. The van der Waals surface area contributed by atoms with E-state index in [1.165, 1.54) is 12.8 Å². The molecule has 4 nitrogen and oxygen atoms in total. The van der Waals surface area contributed by atoms with Crippen molar-refractivity contribution < 1.29 is 9.90 Å². The summed E-state index contributed by atoms with van der Waals surface area (Å²) in [6.07, 6.45) is 4.68. The van der Waals surface area contributed by atoms with Crippen molar-refractivity contribution in [1.82, 2.24) is 10.2 Å². The van der Waals surface area contributed by atoms with Gasteiger partial charge in [0.25, 0.3) is 0 Å². The second kappa shape index (κ2) is 8.37. The standard InChI is InChI=1S/C16H23ClN2O2/c17-15-8-4-1-5-13(15)11-18-16(21)12-19(9-10-20)14-6-2-3-7-14/h1,4-5,8,14,20H,2-3,6-7,9-12H2,(H,18,21). The number of carbonyl (C=O) groups excluding carboxylic acids is 1. The number of halogens is 1. The first kappa shape index (κ1) is 16.3. The summed E-state index contributed by atoms with van der Waals surface area (Å²) in [5.74, 6) is -0.0183. The molecule has 1 saturated carbocycles. The fourth-order valence-electron chi connectivity index (χ4n) is 2.86. The van der Waals surface area contributed by atoms with Gasteiger partial charge in [-0.05, 0) is 24.5 Å². The first-order valence-electron chi connectivity index (χ1n) is 7.55. The molecule has 2 N–H and O–H groups in total. The van der Waals surface area contributed by atoms with Crippen molar-refractivity contribution in [3.63, 3.8) is 0 Å². The number of hydrogen-bond donors (Lipinski definition) is 2. The lowest BCUT2D eigenvalue weighted by Gasteiger charge is -2.27. The van der Waals surface area contributed by atoms with Gasteiger partial charge >= 0.3 is 0 Å². The molecule has 1 fully saturated rings. The molecule has 1 aliphatic carbocycles. The normalized spacial score (nSPS) is 15.6. The number of aliphatic hydroxyl groups is 1. The van der Waals surface area contributed by atoms with Crippen molar-refractivity contribution in [1.29, 1.82) is 0 Å². The second-order valence-corrected chi connectivity index (χ2v) is 5.91. The number of hydrogen-bond acceptors (Lipinski definition) is 3. The van der Waals surface area contributed by atoms with Gasteiger partial charge in [0.05, 0.1) is 13.2 Å². The first-order chi connectivity index (χ1) is 10.2. The van der Waals surface area contributed by atoms with Crippen LogP contribution in [0, 0.1) is 0 Å². The Hall–Kier alpha value is -1.10. The lowest BCUT2D eigenvalue weighted by molar-refractivity contribution is -0.123. The summed E-state index contributed by atoms with van der Waals surface area (Å²) in [6.45, 7) is 1.43. The van der Waals surface area contributed by atoms with Gasteiger partial charge in [-0.1, -0.05) is 42.6 Å². The summed E-state index contributed by atoms with van der Waals surface area (Å²) in [5.41, 5.74) is 0.919. The average molecular weight is 311 g/mol. The highest BCUT2D eigenvalue weighted by atomic mass is 35.5. The lowest BCUT2D eigenvalue weighted by Crippen LogP contribution is -2.43. The van der Waals surface area contributed by atoms with Crippen molar-refractivity contribution >= 4 is 17.5 Å². The van der Waals surface area contributed by atoms with Crippen LogP contribution in [-0.2, 0) is 11.3 Å². The molecule has 1 aromatic rings. The maximum Gasteiger partial charge on any atom is 0.234 e. The van der Waals surface area contributed by atoms with Crippen LogP contribution in [0.4, 0.5) is 0 Å². The molecular weight excluding hydrogens is 288 g/mol. The van der Waals surface area contributed by atoms with Gasteiger partial charge in [-0.15, -0.1) is 0 Å². The minimum Gasteiger partial charge on any atom is -0.395 e. The third kappa shape index (κ3) is 4.99. The van der Waals surface area contributed by atoms with Crippen molar-refractivity contribution in [2.45, 2.75) is 38.3 Å². The van der Waals surface area contributed by atoms with Crippen LogP contribution in [0.15, 0.2) is 24.3 Å². The largest absolute Gasteiger partial charge is 0.395 e. The van der Waals surface area contributed by atoms with Gasteiger partial charge in [-0.2, -0.15) is 0 Å². The molecule has 21 heavy (non-hydrogen) atoms. The predicted octanol–water partition coefficient (Wildman–Crippen LogP) is 2.19. The van der Waals surface area contributed by atoms with E-state index >= 15 is 0 Å². The summed E-state index contributed by atoms with van der Waals surface area (Å²) in [6, 6.07) is 7.94. The van der Waals surface area contributed by atoms with E-state index in [1.807, 2.05) is 24.3 Å². The molecule has 1 aliphatic rings. The zero-order valence-corrected chi connectivity index (χ0v) is 13.0. The molecular formula is C16H23ClN2O2. The summed E-state index contributed by atoms with van der Waals surface area (Å²) in [5, 5.41) is 12.7. The Bertz CT molecular complexity index is 461. The van der Waals surface area contributed by atoms with Crippen molar-refractivity contribution in [2.75, 3.05) is 19.7 Å². The van der Waals surface area contributed by atoms with E-state index in [1.54, 1.807) is 0 Å². The third-order valence-corrected chi connectivity index (χ3v) is 4.38. The van der Waals surface area contributed by atoms with E-state index in [2.05, 4.69) is 10.2 Å². The molecule has 0 unspecified atom stereocenters. The molecule has 1 amide bonds. The van der Waals surface area contributed by atoms with Gasteiger partial charge in [-0.3, -0.25) is 9.69 Å². The highest BCUT2D eigenvalue weighted by molar-refractivity contribution is 6.31. The van der Waals surface area contributed by atoms with Crippen molar-refractivity contribution in [3.8, 4) is 0 Å². The Morgan fingerprint density at radius 1 is 1.33 bits per heavy atom. The molecule has 0 radical (unpaired) electrons. The van der Waals surface area contributed by atoms with E-state index in [9.17, 15) is 4.79 Å². The third-order valence-electron chi connectivity index (χ3n) is 4.01. The van der Waals surface area contributed by atoms with Crippen LogP contribution < -0.4 is 5.32 Å². The number of nitrogens with one attached hydrogen (secondary N) is 1. The van der Waals surface area contributed by atoms with Gasteiger partial charge in [0.1, 0.15) is 0 Å². The van der Waals surface area contributed by atoms with E-state index in [0.717, 1.165) is 18.4 Å². The lowest BCUT2D eigenvalue weighted by atomic mass is 10.2. The molecule has 2 rings (SSSR count). The number of amides is 1. The van der Waals surface area contributed by atoms with Crippen LogP contribution in [0.25, 0.3) is 0 Å². The maximum atomic E-state index is 12.1. The second-order valence-electron chi connectivity index (χ2n) is 5.50. The van der Waals surface area contributed by atoms with Crippen LogP contribution in [0.1, 0.15) is 31.2 Å². The van der Waals surface area contributed by atoms with Crippen molar-refractivity contribution in [2.24, 2.45) is 0 Å². The zero-order valence-electron chi connectivity index (χ0n) is 12.2. The number of nitrogens with zero attached hydrogens (tertiary/aromatic N) is 1. The van der Waals surface area contributed by atoms with Gasteiger partial charge < -0.3 is 10.4 Å². The Kier molecular flexibility index (Phi) is 6.49. The quantitative estimate of drug-likeness (QED) is 0.812. The van der Waals surface area contributed by atoms with E-state index in [4.69, 9.17) is 16.7 Å². The molecule has 0 heterocycles. The topological polar surface area (TPSA) is 52.6 Å².